The van der Waals surface area contributed by atoms with E-state index in [-0.39, 0.29) is 25.7 Å². The Bertz CT molecular complexity index is 1220. The molecule has 3 atom stereocenters. The Balaban J connectivity index is 2.68. The Morgan fingerprint density at radius 3 is 1.81 bits per heavy atom. The lowest BCUT2D eigenvalue weighted by Gasteiger charge is -2.38. The van der Waals surface area contributed by atoms with Crippen LogP contribution < -0.4 is 5.32 Å². The molecule has 47 heavy (non-hydrogen) atoms. The summed E-state index contributed by atoms with van der Waals surface area (Å²) in [4.78, 5) is 72.4. The van der Waals surface area contributed by atoms with Crippen molar-refractivity contribution in [2.75, 3.05) is 19.6 Å². The molecule has 1 fully saturated rings. The van der Waals surface area contributed by atoms with Gasteiger partial charge in [-0.25, -0.2) is 24.1 Å². The van der Waals surface area contributed by atoms with Crippen LogP contribution in [-0.4, -0.2) is 99.5 Å². The molecule has 1 aliphatic rings. The highest BCUT2D eigenvalue weighted by Crippen LogP contribution is 2.34. The Labute approximate surface area is 279 Å². The summed E-state index contributed by atoms with van der Waals surface area (Å²) in [5, 5.41) is 2.68. The summed E-state index contributed by atoms with van der Waals surface area (Å²) in [6.07, 6.45) is -2.95. The maximum absolute atomic E-state index is 14.1. The van der Waals surface area contributed by atoms with Gasteiger partial charge in [0.05, 0.1) is 18.0 Å². The number of urea groups is 1. The minimum Gasteiger partial charge on any atom is -0.460 e. The first-order valence-electron chi connectivity index (χ1n) is 16.0. The quantitative estimate of drug-likeness (QED) is 0.264. The lowest BCUT2D eigenvalue weighted by Crippen LogP contribution is -2.60. The van der Waals surface area contributed by atoms with Gasteiger partial charge in [0.15, 0.2) is 0 Å². The van der Waals surface area contributed by atoms with Crippen molar-refractivity contribution in [2.45, 2.75) is 125 Å². The van der Waals surface area contributed by atoms with Crippen molar-refractivity contribution in [1.82, 2.24) is 20.0 Å². The second kappa shape index (κ2) is 15.7. The van der Waals surface area contributed by atoms with Gasteiger partial charge in [-0.05, 0) is 88.6 Å². The summed E-state index contributed by atoms with van der Waals surface area (Å²) >= 11 is 0. The first-order chi connectivity index (χ1) is 21.5. The fourth-order valence-corrected chi connectivity index (χ4v) is 5.09. The highest BCUT2D eigenvalue weighted by Gasteiger charge is 2.56. The van der Waals surface area contributed by atoms with Gasteiger partial charge in [-0.3, -0.25) is 4.79 Å². The molecule has 0 radical (unpaired) electrons. The van der Waals surface area contributed by atoms with Crippen LogP contribution in [0.1, 0.15) is 88.6 Å². The highest BCUT2D eigenvalue weighted by molar-refractivity contribution is 5.91. The molecule has 264 valence electrons. The SMILES string of the molecule is CCN(C(=O)N1C[C@@H](C(=O)OC(C)(C)C)[C@@H](N(C(=O)OC(C)(C)C)C(=O)OC(C)(C)C)[C@@H]1CNC(=O)OCc1ccccc1)C(C)C. The number of imide groups is 1. The molecule has 0 aliphatic carbocycles. The summed E-state index contributed by atoms with van der Waals surface area (Å²) in [6.45, 7) is 20.3. The van der Waals surface area contributed by atoms with E-state index in [4.69, 9.17) is 18.9 Å². The van der Waals surface area contributed by atoms with Gasteiger partial charge in [-0.2, -0.15) is 0 Å². The van der Waals surface area contributed by atoms with Gasteiger partial charge in [0.1, 0.15) is 23.4 Å². The number of nitrogens with one attached hydrogen (secondary N) is 1. The minimum atomic E-state index is -1.35. The van der Waals surface area contributed by atoms with E-state index in [1.165, 1.54) is 4.90 Å². The molecule has 0 saturated carbocycles. The molecule has 13 heteroatoms. The van der Waals surface area contributed by atoms with Gasteiger partial charge < -0.3 is 34.1 Å². The van der Waals surface area contributed by atoms with Crippen LogP contribution in [0.2, 0.25) is 0 Å². The number of benzene rings is 1. The van der Waals surface area contributed by atoms with E-state index in [2.05, 4.69) is 5.32 Å². The van der Waals surface area contributed by atoms with Gasteiger partial charge in [0.25, 0.3) is 0 Å². The van der Waals surface area contributed by atoms with Crippen molar-refractivity contribution in [2.24, 2.45) is 5.92 Å². The van der Waals surface area contributed by atoms with Crippen LogP contribution in [0.5, 0.6) is 0 Å². The molecule has 0 unspecified atom stereocenters. The zero-order valence-corrected chi connectivity index (χ0v) is 30.0. The first-order valence-corrected chi connectivity index (χ1v) is 16.0. The number of alkyl carbamates (subject to hydrolysis) is 1. The lowest BCUT2D eigenvalue weighted by molar-refractivity contribution is -0.160. The summed E-state index contributed by atoms with van der Waals surface area (Å²) in [7, 11) is 0. The van der Waals surface area contributed by atoms with Crippen molar-refractivity contribution in [3.05, 3.63) is 35.9 Å². The standard InChI is InChI=1S/C34H54N4O9/c1-13-36(22(2)3)29(41)37-20-24(27(39)45-32(4,5)6)26(25(37)19-35-28(40)44-21-23-17-15-14-16-18-23)38(30(42)46-33(7,8)9)31(43)47-34(10,11)12/h14-18,22,24-26H,13,19-21H2,1-12H3,(H,35,40)/t24-,25+,26-/m1/s1. The maximum Gasteiger partial charge on any atom is 0.420 e. The largest absolute Gasteiger partial charge is 0.460 e. The van der Waals surface area contributed by atoms with E-state index in [1.54, 1.807) is 79.3 Å². The minimum absolute atomic E-state index is 0.0111. The zero-order chi connectivity index (χ0) is 35.9. The van der Waals surface area contributed by atoms with Crippen LogP contribution in [0.15, 0.2) is 30.3 Å². The average molecular weight is 663 g/mol. The third-order valence-electron chi connectivity index (χ3n) is 6.91. The Morgan fingerprint density at radius 2 is 1.36 bits per heavy atom. The highest BCUT2D eigenvalue weighted by atomic mass is 16.6. The van der Waals surface area contributed by atoms with Gasteiger partial charge in [0, 0.05) is 25.7 Å². The summed E-state index contributed by atoms with van der Waals surface area (Å²) < 4.78 is 22.5. The number of carbonyl (C=O) groups excluding carboxylic acids is 5. The monoisotopic (exact) mass is 662 g/mol. The number of esters is 1. The third kappa shape index (κ3) is 11.9. The van der Waals surface area contributed by atoms with Crippen LogP contribution in [0.25, 0.3) is 0 Å². The molecule has 2 rings (SSSR count). The van der Waals surface area contributed by atoms with Crippen LogP contribution in [0, 0.1) is 5.92 Å². The van der Waals surface area contributed by atoms with Crippen LogP contribution in [0.3, 0.4) is 0 Å². The average Bonchev–Trinajstić information content (AvgIpc) is 3.27. The predicted molar refractivity (Wildman–Crippen MR) is 175 cm³/mol. The number of nitrogens with zero attached hydrogens (tertiary/aromatic N) is 3. The van der Waals surface area contributed by atoms with E-state index in [0.717, 1.165) is 10.5 Å². The van der Waals surface area contributed by atoms with E-state index in [9.17, 15) is 24.0 Å². The third-order valence-corrected chi connectivity index (χ3v) is 6.91. The number of ether oxygens (including phenoxy) is 4. The van der Waals surface area contributed by atoms with Gasteiger partial charge in [-0.1, -0.05) is 30.3 Å². The second-order valence-corrected chi connectivity index (χ2v) is 14.8. The number of amides is 5. The van der Waals surface area contributed by atoms with Gasteiger partial charge in [-0.15, -0.1) is 0 Å². The first kappa shape index (κ1) is 39.1. The van der Waals surface area contributed by atoms with Crippen LogP contribution >= 0.6 is 0 Å². The molecule has 0 bridgehead atoms. The second-order valence-electron chi connectivity index (χ2n) is 14.8. The number of hydrogen-bond donors (Lipinski definition) is 1. The molecular formula is C34H54N4O9. The molecule has 1 aliphatic heterocycles. The summed E-state index contributed by atoms with van der Waals surface area (Å²) in [6, 6.07) is 5.96. The predicted octanol–water partition coefficient (Wildman–Crippen LogP) is 5.95. The maximum atomic E-state index is 14.1. The van der Waals surface area contributed by atoms with E-state index in [1.807, 2.05) is 39.0 Å². The smallest absolute Gasteiger partial charge is 0.420 e. The van der Waals surface area contributed by atoms with Crippen molar-refractivity contribution < 1.29 is 42.9 Å². The molecule has 1 aromatic carbocycles. The molecule has 0 spiro atoms. The molecule has 0 aromatic heterocycles. The van der Waals surface area contributed by atoms with Crippen molar-refractivity contribution in [3.8, 4) is 0 Å². The lowest BCUT2D eigenvalue weighted by atomic mass is 9.96. The van der Waals surface area contributed by atoms with Crippen LogP contribution in [0.4, 0.5) is 19.2 Å². The van der Waals surface area contributed by atoms with Crippen molar-refractivity contribution in [1.29, 1.82) is 0 Å². The summed E-state index contributed by atoms with van der Waals surface area (Å²) in [5.41, 5.74) is -2.22. The number of rotatable bonds is 8. The molecule has 1 aromatic rings. The molecular weight excluding hydrogens is 608 g/mol. The Morgan fingerprint density at radius 1 is 0.851 bits per heavy atom. The van der Waals surface area contributed by atoms with Gasteiger partial charge in [0.2, 0.25) is 0 Å². The fourth-order valence-electron chi connectivity index (χ4n) is 5.09. The molecule has 1 heterocycles. The molecule has 1 N–H and O–H groups in total. The summed E-state index contributed by atoms with van der Waals surface area (Å²) in [5.74, 6) is -1.95. The zero-order valence-electron chi connectivity index (χ0n) is 30.0. The van der Waals surface area contributed by atoms with Crippen molar-refractivity contribution in [3.63, 3.8) is 0 Å². The molecule has 5 amide bonds. The molecule has 1 saturated heterocycles. The van der Waals surface area contributed by atoms with Crippen LogP contribution in [-0.2, 0) is 30.3 Å². The van der Waals surface area contributed by atoms with E-state index in [0.29, 0.717) is 6.54 Å². The number of likely N-dealkylation sites (tertiary alicyclic amines) is 1. The van der Waals surface area contributed by atoms with Crippen molar-refractivity contribution >= 4 is 30.3 Å². The number of carbonyl (C=O) groups is 5. The van der Waals surface area contributed by atoms with Gasteiger partial charge >= 0.3 is 30.3 Å². The molecule has 13 nitrogen and oxygen atoms in total. The Kier molecular flexibility index (Phi) is 13.1. The van der Waals surface area contributed by atoms with E-state index >= 15 is 0 Å². The fraction of sp³-hybridized carbons (Fsp3) is 0.676. The van der Waals surface area contributed by atoms with E-state index < -0.39 is 65.1 Å². The number of hydrogen-bond acceptors (Lipinski definition) is 9. The Hall–Kier alpha value is -4.03. The topological polar surface area (TPSA) is 144 Å². The normalized spacial score (nSPS) is 18.3.